The molecular weight excluding hydrogens is 231 g/mol. The highest BCUT2D eigenvalue weighted by Gasteiger charge is 2.22. The molecule has 1 aromatic heterocycles. The molecule has 0 aliphatic heterocycles. The second-order valence-corrected chi connectivity index (χ2v) is 6.09. The number of hydrogen-bond acceptors (Lipinski definition) is 2. The molecule has 17 heavy (non-hydrogen) atoms. The number of rotatable bonds is 3. The van der Waals surface area contributed by atoms with Crippen molar-refractivity contribution in [3.8, 4) is 0 Å². The van der Waals surface area contributed by atoms with E-state index in [-0.39, 0.29) is 5.52 Å². The minimum Gasteiger partial charge on any atom is -0.469 e. The van der Waals surface area contributed by atoms with Crippen LogP contribution in [0.5, 0.6) is 0 Å². The largest absolute Gasteiger partial charge is 0.469 e. The van der Waals surface area contributed by atoms with E-state index < -0.39 is 7.92 Å². The number of carbonyl (C=O) groups excluding carboxylic acids is 1. The Balaban J connectivity index is 2.33. The third kappa shape index (κ3) is 2.32. The van der Waals surface area contributed by atoms with Crippen LogP contribution in [0, 0.1) is 13.8 Å². The number of hydrogen-bond donors (Lipinski definition) is 0. The van der Waals surface area contributed by atoms with Crippen molar-refractivity contribution in [3.63, 3.8) is 0 Å². The van der Waals surface area contributed by atoms with Crippen molar-refractivity contribution in [1.29, 1.82) is 0 Å². The summed E-state index contributed by atoms with van der Waals surface area (Å²) in [6, 6.07) is 9.92. The van der Waals surface area contributed by atoms with Gasteiger partial charge in [0.2, 0.25) is 0 Å². The predicted octanol–water partition coefficient (Wildman–Crippen LogP) is 3.47. The molecule has 0 aliphatic rings. The SMILES string of the molecule is Cc1coc(C)c1C(=O)P(C)c1ccccc1. The van der Waals surface area contributed by atoms with Gasteiger partial charge in [0.15, 0.2) is 5.52 Å². The van der Waals surface area contributed by atoms with Crippen molar-refractivity contribution in [3.05, 3.63) is 53.5 Å². The van der Waals surface area contributed by atoms with Gasteiger partial charge in [-0.05, 0) is 39.3 Å². The summed E-state index contributed by atoms with van der Waals surface area (Å²) in [5.74, 6) is 0.720. The highest BCUT2D eigenvalue weighted by Crippen LogP contribution is 2.36. The van der Waals surface area contributed by atoms with Crippen LogP contribution in [0.4, 0.5) is 0 Å². The fourth-order valence-electron chi connectivity index (χ4n) is 1.83. The van der Waals surface area contributed by atoms with Gasteiger partial charge in [-0.3, -0.25) is 4.79 Å². The summed E-state index contributed by atoms with van der Waals surface area (Å²) in [5, 5.41) is 1.10. The van der Waals surface area contributed by atoms with Crippen molar-refractivity contribution < 1.29 is 9.21 Å². The molecule has 1 heterocycles. The molecule has 0 saturated heterocycles. The van der Waals surface area contributed by atoms with Crippen molar-refractivity contribution in [2.24, 2.45) is 0 Å². The minimum absolute atomic E-state index is 0.190. The fourth-order valence-corrected chi connectivity index (χ4v) is 3.35. The quantitative estimate of drug-likeness (QED) is 0.776. The van der Waals surface area contributed by atoms with Gasteiger partial charge >= 0.3 is 0 Å². The number of benzene rings is 1. The van der Waals surface area contributed by atoms with Crippen LogP contribution < -0.4 is 5.30 Å². The Kier molecular flexibility index (Phi) is 3.44. The molecule has 0 saturated carbocycles. The topological polar surface area (TPSA) is 30.2 Å². The zero-order valence-electron chi connectivity index (χ0n) is 10.2. The molecule has 0 N–H and O–H groups in total. The third-order valence-electron chi connectivity index (χ3n) is 2.82. The molecule has 1 unspecified atom stereocenters. The molecule has 2 aromatic rings. The van der Waals surface area contributed by atoms with E-state index in [0.29, 0.717) is 0 Å². The summed E-state index contributed by atoms with van der Waals surface area (Å²) >= 11 is 0. The Labute approximate surface area is 102 Å². The monoisotopic (exact) mass is 246 g/mol. The molecule has 0 fully saturated rings. The van der Waals surface area contributed by atoms with Crippen molar-refractivity contribution in [1.82, 2.24) is 0 Å². The molecule has 1 atom stereocenters. The Hall–Kier alpha value is -1.40. The Morgan fingerprint density at radius 3 is 2.35 bits per heavy atom. The van der Waals surface area contributed by atoms with Gasteiger partial charge in [0.1, 0.15) is 5.76 Å². The average Bonchev–Trinajstić information content (AvgIpc) is 2.68. The van der Waals surface area contributed by atoms with Crippen molar-refractivity contribution in [2.45, 2.75) is 13.8 Å². The maximum absolute atomic E-state index is 12.4. The van der Waals surface area contributed by atoms with E-state index in [4.69, 9.17) is 4.42 Å². The first-order chi connectivity index (χ1) is 8.11. The highest BCUT2D eigenvalue weighted by atomic mass is 31.1. The number of furan rings is 1. The van der Waals surface area contributed by atoms with E-state index in [1.807, 2.05) is 50.8 Å². The summed E-state index contributed by atoms with van der Waals surface area (Å²) in [4.78, 5) is 12.4. The minimum atomic E-state index is -0.819. The molecule has 1 aromatic carbocycles. The molecule has 0 bridgehead atoms. The lowest BCUT2D eigenvalue weighted by Gasteiger charge is -2.11. The lowest BCUT2D eigenvalue weighted by molar-refractivity contribution is 0.108. The van der Waals surface area contributed by atoms with Crippen LogP contribution in [0.1, 0.15) is 21.7 Å². The lowest BCUT2D eigenvalue weighted by Crippen LogP contribution is -2.08. The highest BCUT2D eigenvalue weighted by molar-refractivity contribution is 7.81. The van der Waals surface area contributed by atoms with Crippen LogP contribution >= 0.6 is 7.92 Å². The van der Waals surface area contributed by atoms with E-state index >= 15 is 0 Å². The van der Waals surface area contributed by atoms with Gasteiger partial charge in [0.25, 0.3) is 0 Å². The predicted molar refractivity (Wildman–Crippen MR) is 71.4 cm³/mol. The summed E-state index contributed by atoms with van der Waals surface area (Å²) in [5.41, 5.74) is 1.87. The first-order valence-corrected chi connectivity index (χ1v) is 7.28. The van der Waals surface area contributed by atoms with Gasteiger partial charge in [-0.25, -0.2) is 0 Å². The van der Waals surface area contributed by atoms with Gasteiger partial charge in [-0.1, -0.05) is 30.3 Å². The van der Waals surface area contributed by atoms with Gasteiger partial charge in [0, 0.05) is 0 Å². The molecular formula is C14H15O2P. The Morgan fingerprint density at radius 2 is 1.82 bits per heavy atom. The second-order valence-electron chi connectivity index (χ2n) is 4.05. The zero-order valence-corrected chi connectivity index (χ0v) is 11.1. The molecule has 0 aliphatic carbocycles. The lowest BCUT2D eigenvalue weighted by atomic mass is 10.2. The van der Waals surface area contributed by atoms with Crippen LogP contribution in [0.3, 0.4) is 0 Å². The van der Waals surface area contributed by atoms with E-state index in [1.165, 1.54) is 0 Å². The summed E-state index contributed by atoms with van der Waals surface area (Å²) in [6.45, 7) is 5.76. The molecule has 0 spiro atoms. The molecule has 88 valence electrons. The molecule has 0 amide bonds. The first-order valence-electron chi connectivity index (χ1n) is 5.49. The van der Waals surface area contributed by atoms with Gasteiger partial charge in [0.05, 0.1) is 11.8 Å². The van der Waals surface area contributed by atoms with Crippen LogP contribution in [0.2, 0.25) is 0 Å². The third-order valence-corrected chi connectivity index (χ3v) is 4.73. The van der Waals surface area contributed by atoms with Gasteiger partial charge in [-0.2, -0.15) is 0 Å². The van der Waals surface area contributed by atoms with Crippen molar-refractivity contribution >= 4 is 18.8 Å². The van der Waals surface area contributed by atoms with Gasteiger partial charge in [-0.15, -0.1) is 0 Å². The summed E-state index contributed by atoms with van der Waals surface area (Å²) in [7, 11) is -0.819. The molecule has 3 heteroatoms. The van der Waals surface area contributed by atoms with Crippen LogP contribution in [-0.4, -0.2) is 12.2 Å². The maximum atomic E-state index is 12.4. The number of aryl methyl sites for hydroxylation is 2. The molecule has 2 rings (SSSR count). The zero-order chi connectivity index (χ0) is 12.4. The van der Waals surface area contributed by atoms with E-state index in [2.05, 4.69) is 0 Å². The Bertz CT molecular complexity index is 509. The maximum Gasteiger partial charge on any atom is 0.192 e. The van der Waals surface area contributed by atoms with E-state index in [9.17, 15) is 4.79 Å². The van der Waals surface area contributed by atoms with Crippen LogP contribution in [-0.2, 0) is 0 Å². The van der Waals surface area contributed by atoms with Crippen LogP contribution in [0.15, 0.2) is 41.0 Å². The summed E-state index contributed by atoms with van der Waals surface area (Å²) in [6.07, 6.45) is 1.65. The van der Waals surface area contributed by atoms with Crippen molar-refractivity contribution in [2.75, 3.05) is 6.66 Å². The number of carbonyl (C=O) groups is 1. The smallest absolute Gasteiger partial charge is 0.192 e. The standard InChI is InChI=1S/C14H15O2P/c1-10-9-16-11(2)13(10)14(15)17(3)12-7-5-4-6-8-12/h4-9H,1-3H3. The first kappa shape index (κ1) is 12.1. The van der Waals surface area contributed by atoms with E-state index in [1.54, 1.807) is 6.26 Å². The molecule has 0 radical (unpaired) electrons. The summed E-state index contributed by atoms with van der Waals surface area (Å²) < 4.78 is 5.29. The normalized spacial score (nSPS) is 12.4. The average molecular weight is 246 g/mol. The van der Waals surface area contributed by atoms with Crippen LogP contribution in [0.25, 0.3) is 0 Å². The Morgan fingerprint density at radius 1 is 1.18 bits per heavy atom. The molecule has 2 nitrogen and oxygen atoms in total. The second kappa shape index (κ2) is 4.85. The van der Waals surface area contributed by atoms with E-state index in [0.717, 1.165) is 22.2 Å². The fraction of sp³-hybridized carbons (Fsp3) is 0.214. The van der Waals surface area contributed by atoms with Gasteiger partial charge < -0.3 is 4.42 Å².